The molecule has 0 radical (unpaired) electrons. The number of hydrogen-bond acceptors (Lipinski definition) is 5. The van der Waals surface area contributed by atoms with Gasteiger partial charge in [-0.3, -0.25) is 0 Å². The standard InChI is InChI=1S/C18H24N6/c1-5-13(4)14-6-8-15(9-7-14)18(12(2)3)19-16-10-11-17-20-22-23-24(17)21-16/h6-13,18H,5H2,1-4H3,(H,19,21)/t13-,18+/m1/s1. The van der Waals surface area contributed by atoms with E-state index in [4.69, 9.17) is 0 Å². The van der Waals surface area contributed by atoms with Crippen molar-refractivity contribution in [3.8, 4) is 0 Å². The number of tetrazole rings is 1. The van der Waals surface area contributed by atoms with Crippen molar-refractivity contribution in [1.29, 1.82) is 0 Å². The lowest BCUT2D eigenvalue weighted by atomic mass is 9.92. The molecule has 24 heavy (non-hydrogen) atoms. The van der Waals surface area contributed by atoms with E-state index in [1.54, 1.807) is 0 Å². The molecular weight excluding hydrogens is 300 g/mol. The summed E-state index contributed by atoms with van der Waals surface area (Å²) in [6.45, 7) is 8.89. The summed E-state index contributed by atoms with van der Waals surface area (Å²) < 4.78 is 1.44. The highest BCUT2D eigenvalue weighted by molar-refractivity contribution is 5.44. The minimum atomic E-state index is 0.178. The summed E-state index contributed by atoms with van der Waals surface area (Å²) >= 11 is 0. The van der Waals surface area contributed by atoms with E-state index in [-0.39, 0.29) is 6.04 Å². The molecule has 0 fully saturated rings. The molecule has 1 N–H and O–H groups in total. The third-order valence-electron chi connectivity index (χ3n) is 4.52. The maximum absolute atomic E-state index is 4.41. The molecule has 1 aromatic carbocycles. The van der Waals surface area contributed by atoms with Crippen LogP contribution in [-0.4, -0.2) is 25.3 Å². The number of nitrogens with zero attached hydrogens (tertiary/aromatic N) is 5. The quantitative estimate of drug-likeness (QED) is 0.746. The van der Waals surface area contributed by atoms with E-state index in [0.29, 0.717) is 17.5 Å². The third kappa shape index (κ3) is 3.37. The Labute approximate surface area is 142 Å². The van der Waals surface area contributed by atoms with Crippen LogP contribution in [0.3, 0.4) is 0 Å². The SMILES string of the molecule is CC[C@@H](C)c1ccc([C@@H](Nc2ccc3nnnn3n2)C(C)C)cc1. The van der Waals surface area contributed by atoms with Crippen LogP contribution in [0.5, 0.6) is 0 Å². The number of anilines is 1. The highest BCUT2D eigenvalue weighted by Gasteiger charge is 2.17. The van der Waals surface area contributed by atoms with Gasteiger partial charge in [-0.05, 0) is 51.9 Å². The van der Waals surface area contributed by atoms with Crippen LogP contribution in [0, 0.1) is 5.92 Å². The van der Waals surface area contributed by atoms with Crippen molar-refractivity contribution < 1.29 is 0 Å². The fourth-order valence-corrected chi connectivity index (χ4v) is 2.79. The number of rotatable bonds is 6. The number of hydrogen-bond donors (Lipinski definition) is 1. The molecule has 126 valence electrons. The van der Waals surface area contributed by atoms with Gasteiger partial charge < -0.3 is 5.32 Å². The predicted octanol–water partition coefficient (Wildman–Crippen LogP) is 3.84. The predicted molar refractivity (Wildman–Crippen MR) is 94.9 cm³/mol. The summed E-state index contributed by atoms with van der Waals surface area (Å²) in [5, 5.41) is 19.3. The van der Waals surface area contributed by atoms with Crippen molar-refractivity contribution in [2.24, 2.45) is 5.92 Å². The molecule has 0 saturated carbocycles. The van der Waals surface area contributed by atoms with Crippen molar-refractivity contribution in [1.82, 2.24) is 25.3 Å². The Bertz CT molecular complexity index is 793. The molecule has 2 aromatic heterocycles. The van der Waals surface area contributed by atoms with E-state index in [9.17, 15) is 0 Å². The summed E-state index contributed by atoms with van der Waals surface area (Å²) in [6, 6.07) is 12.9. The Hall–Kier alpha value is -2.50. The van der Waals surface area contributed by atoms with Gasteiger partial charge in [0.05, 0.1) is 6.04 Å². The molecule has 0 aliphatic rings. The first-order chi connectivity index (χ1) is 11.6. The first kappa shape index (κ1) is 16.4. The maximum atomic E-state index is 4.41. The van der Waals surface area contributed by atoms with Crippen molar-refractivity contribution in [3.05, 3.63) is 47.5 Å². The van der Waals surface area contributed by atoms with Gasteiger partial charge in [0.2, 0.25) is 0 Å². The third-order valence-corrected chi connectivity index (χ3v) is 4.52. The lowest BCUT2D eigenvalue weighted by molar-refractivity contribution is 0.542. The monoisotopic (exact) mass is 324 g/mol. The van der Waals surface area contributed by atoms with Gasteiger partial charge in [0, 0.05) is 0 Å². The van der Waals surface area contributed by atoms with Crippen LogP contribution in [0.4, 0.5) is 5.82 Å². The van der Waals surface area contributed by atoms with Gasteiger partial charge in [0.1, 0.15) is 5.82 Å². The largest absolute Gasteiger partial charge is 0.362 e. The number of fused-ring (bicyclic) bond motifs is 1. The molecule has 6 nitrogen and oxygen atoms in total. The second kappa shape index (κ2) is 6.95. The molecule has 0 amide bonds. The average Bonchev–Trinajstić information content (AvgIpc) is 3.06. The summed E-state index contributed by atoms with van der Waals surface area (Å²) in [6.07, 6.45) is 1.15. The van der Waals surface area contributed by atoms with Crippen LogP contribution >= 0.6 is 0 Å². The molecule has 6 heteroatoms. The lowest BCUT2D eigenvalue weighted by Crippen LogP contribution is -2.18. The molecule has 3 rings (SSSR count). The van der Waals surface area contributed by atoms with Crippen molar-refractivity contribution in [2.45, 2.75) is 46.1 Å². The van der Waals surface area contributed by atoms with Crippen LogP contribution in [0.25, 0.3) is 5.65 Å². The molecular formula is C18H24N6. The summed E-state index contributed by atoms with van der Waals surface area (Å²) in [4.78, 5) is 0. The van der Waals surface area contributed by atoms with E-state index >= 15 is 0 Å². The minimum Gasteiger partial charge on any atom is -0.362 e. The normalized spacial score (nSPS) is 14.0. The van der Waals surface area contributed by atoms with Crippen LogP contribution < -0.4 is 5.32 Å². The number of nitrogens with one attached hydrogen (secondary N) is 1. The molecule has 0 unspecified atom stereocenters. The van der Waals surface area contributed by atoms with Crippen molar-refractivity contribution in [2.75, 3.05) is 5.32 Å². The smallest absolute Gasteiger partial charge is 0.200 e. The summed E-state index contributed by atoms with van der Waals surface area (Å²) in [7, 11) is 0. The fraction of sp³-hybridized carbons (Fsp3) is 0.444. The first-order valence-corrected chi connectivity index (χ1v) is 8.50. The number of benzene rings is 1. The fourth-order valence-electron chi connectivity index (χ4n) is 2.79. The second-order valence-electron chi connectivity index (χ2n) is 6.59. The van der Waals surface area contributed by atoms with Crippen LogP contribution in [0.1, 0.15) is 57.2 Å². The molecule has 0 bridgehead atoms. The highest BCUT2D eigenvalue weighted by atomic mass is 15.6. The van der Waals surface area contributed by atoms with Crippen molar-refractivity contribution in [3.63, 3.8) is 0 Å². The zero-order chi connectivity index (χ0) is 17.1. The van der Waals surface area contributed by atoms with Gasteiger partial charge in [-0.25, -0.2) is 0 Å². The second-order valence-corrected chi connectivity index (χ2v) is 6.59. The Morgan fingerprint density at radius 1 is 1.00 bits per heavy atom. The average molecular weight is 324 g/mol. The molecule has 0 spiro atoms. The number of aromatic nitrogens is 5. The van der Waals surface area contributed by atoms with E-state index in [1.807, 2.05) is 12.1 Å². The summed E-state index contributed by atoms with van der Waals surface area (Å²) in [5.41, 5.74) is 3.28. The Balaban J connectivity index is 1.83. The van der Waals surface area contributed by atoms with Crippen LogP contribution in [-0.2, 0) is 0 Å². The summed E-state index contributed by atoms with van der Waals surface area (Å²) in [5.74, 6) is 1.78. The van der Waals surface area contributed by atoms with Gasteiger partial charge in [-0.2, -0.15) is 0 Å². The van der Waals surface area contributed by atoms with E-state index in [2.05, 4.69) is 77.9 Å². The molecule has 0 aliphatic heterocycles. The first-order valence-electron chi connectivity index (χ1n) is 8.50. The topological polar surface area (TPSA) is 68.0 Å². The Morgan fingerprint density at radius 2 is 1.71 bits per heavy atom. The molecule has 0 saturated heterocycles. The van der Waals surface area contributed by atoms with E-state index in [0.717, 1.165) is 12.2 Å². The molecule has 0 aliphatic carbocycles. The lowest BCUT2D eigenvalue weighted by Gasteiger charge is -2.24. The molecule has 3 aromatic rings. The van der Waals surface area contributed by atoms with Gasteiger partial charge >= 0.3 is 0 Å². The molecule has 2 heterocycles. The van der Waals surface area contributed by atoms with E-state index < -0.39 is 0 Å². The van der Waals surface area contributed by atoms with Crippen LogP contribution in [0.15, 0.2) is 36.4 Å². The van der Waals surface area contributed by atoms with Gasteiger partial charge in [-0.15, -0.1) is 14.8 Å². The van der Waals surface area contributed by atoms with Gasteiger partial charge in [0.15, 0.2) is 5.65 Å². The maximum Gasteiger partial charge on any atom is 0.200 e. The minimum absolute atomic E-state index is 0.178. The molecule has 2 atom stereocenters. The van der Waals surface area contributed by atoms with Crippen molar-refractivity contribution >= 4 is 11.5 Å². The van der Waals surface area contributed by atoms with Gasteiger partial charge in [0.25, 0.3) is 0 Å². The van der Waals surface area contributed by atoms with E-state index in [1.165, 1.54) is 15.8 Å². The Kier molecular flexibility index (Phi) is 4.74. The van der Waals surface area contributed by atoms with Gasteiger partial charge in [-0.1, -0.05) is 52.0 Å². The Morgan fingerprint density at radius 3 is 2.38 bits per heavy atom. The zero-order valence-electron chi connectivity index (χ0n) is 14.6. The highest BCUT2D eigenvalue weighted by Crippen LogP contribution is 2.28. The zero-order valence-corrected chi connectivity index (χ0v) is 14.6. The van der Waals surface area contributed by atoms with Crippen LogP contribution in [0.2, 0.25) is 0 Å².